The highest BCUT2D eigenvalue weighted by Gasteiger charge is 2.24. The van der Waals surface area contributed by atoms with Crippen LogP contribution in [0, 0.1) is 6.92 Å². The molecule has 0 bridgehead atoms. The van der Waals surface area contributed by atoms with Crippen LogP contribution in [0.5, 0.6) is 0 Å². The molecule has 4 heteroatoms. The molecule has 1 aliphatic heterocycles. The lowest BCUT2D eigenvalue weighted by Gasteiger charge is -2.32. The number of hydrogen-bond donors (Lipinski definition) is 0. The van der Waals surface area contributed by atoms with Crippen LogP contribution in [0.15, 0.2) is 48.5 Å². The molecule has 0 spiro atoms. The van der Waals surface area contributed by atoms with E-state index in [9.17, 15) is 4.79 Å². The summed E-state index contributed by atoms with van der Waals surface area (Å²) in [6.45, 7) is 4.10. The standard InChI is InChI=1S/C20H22ClNO2/c1-15-4-6-16(7-5-15)14-24-19-3-2-12-22(13-19)20(23)17-8-10-18(21)11-9-17/h4-11,19H,2-3,12-14H2,1H3/t19-/m1/s1. The molecule has 24 heavy (non-hydrogen) atoms. The van der Waals surface area contributed by atoms with Crippen molar-refractivity contribution >= 4 is 17.5 Å². The predicted molar refractivity (Wildman–Crippen MR) is 96.3 cm³/mol. The Morgan fingerprint density at radius 3 is 2.58 bits per heavy atom. The van der Waals surface area contributed by atoms with Crippen LogP contribution in [0.25, 0.3) is 0 Å². The van der Waals surface area contributed by atoms with Gasteiger partial charge in [-0.15, -0.1) is 0 Å². The third-order valence-corrected chi connectivity index (χ3v) is 4.61. The highest BCUT2D eigenvalue weighted by atomic mass is 35.5. The first-order valence-electron chi connectivity index (χ1n) is 8.34. The third-order valence-electron chi connectivity index (χ3n) is 4.36. The van der Waals surface area contributed by atoms with Crippen molar-refractivity contribution in [1.82, 2.24) is 4.90 Å². The van der Waals surface area contributed by atoms with Gasteiger partial charge in [0.2, 0.25) is 0 Å². The summed E-state index contributed by atoms with van der Waals surface area (Å²) >= 11 is 5.89. The van der Waals surface area contributed by atoms with Crippen LogP contribution in [0.3, 0.4) is 0 Å². The van der Waals surface area contributed by atoms with Gasteiger partial charge in [-0.05, 0) is 49.6 Å². The molecule has 3 rings (SSSR count). The van der Waals surface area contributed by atoms with E-state index in [1.165, 1.54) is 11.1 Å². The lowest BCUT2D eigenvalue weighted by molar-refractivity contribution is -0.00673. The Balaban J connectivity index is 1.56. The fraction of sp³-hybridized carbons (Fsp3) is 0.350. The fourth-order valence-corrected chi connectivity index (χ4v) is 3.06. The molecule has 0 unspecified atom stereocenters. The molecule has 1 atom stereocenters. The van der Waals surface area contributed by atoms with Crippen molar-refractivity contribution in [2.45, 2.75) is 32.5 Å². The number of aryl methyl sites for hydroxylation is 1. The Morgan fingerprint density at radius 1 is 1.17 bits per heavy atom. The molecule has 1 aliphatic rings. The summed E-state index contributed by atoms with van der Waals surface area (Å²) < 4.78 is 6.03. The molecule has 2 aromatic carbocycles. The van der Waals surface area contributed by atoms with Gasteiger partial charge in [0.1, 0.15) is 0 Å². The number of carbonyl (C=O) groups is 1. The zero-order valence-electron chi connectivity index (χ0n) is 13.9. The predicted octanol–water partition coefficient (Wildman–Crippen LogP) is 4.47. The van der Waals surface area contributed by atoms with Gasteiger partial charge in [0.25, 0.3) is 5.91 Å². The zero-order chi connectivity index (χ0) is 16.9. The number of hydrogen-bond acceptors (Lipinski definition) is 2. The number of nitrogens with zero attached hydrogens (tertiary/aromatic N) is 1. The molecule has 1 saturated heterocycles. The van der Waals surface area contributed by atoms with Crippen LogP contribution in [0.2, 0.25) is 5.02 Å². The minimum atomic E-state index is 0.0512. The molecule has 126 valence electrons. The van der Waals surface area contributed by atoms with E-state index < -0.39 is 0 Å². The van der Waals surface area contributed by atoms with Crippen molar-refractivity contribution in [2.75, 3.05) is 13.1 Å². The Bertz CT molecular complexity index is 682. The van der Waals surface area contributed by atoms with Crippen molar-refractivity contribution in [3.8, 4) is 0 Å². The van der Waals surface area contributed by atoms with Gasteiger partial charge in [0, 0.05) is 23.7 Å². The first-order valence-corrected chi connectivity index (χ1v) is 8.71. The van der Waals surface area contributed by atoms with Gasteiger partial charge < -0.3 is 9.64 Å². The summed E-state index contributed by atoms with van der Waals surface area (Å²) in [6.07, 6.45) is 2.06. The lowest BCUT2D eigenvalue weighted by atomic mass is 10.1. The topological polar surface area (TPSA) is 29.5 Å². The van der Waals surface area contributed by atoms with E-state index in [0.29, 0.717) is 23.7 Å². The summed E-state index contributed by atoms with van der Waals surface area (Å²) in [5, 5.41) is 0.643. The van der Waals surface area contributed by atoms with Crippen LogP contribution in [-0.4, -0.2) is 30.0 Å². The number of likely N-dealkylation sites (tertiary alicyclic amines) is 1. The van der Waals surface area contributed by atoms with E-state index in [2.05, 4.69) is 31.2 Å². The van der Waals surface area contributed by atoms with Gasteiger partial charge in [0.05, 0.1) is 12.7 Å². The minimum absolute atomic E-state index is 0.0512. The Hall–Kier alpha value is -1.84. The maximum absolute atomic E-state index is 12.6. The van der Waals surface area contributed by atoms with Crippen molar-refractivity contribution in [3.05, 3.63) is 70.2 Å². The van der Waals surface area contributed by atoms with E-state index in [1.807, 2.05) is 4.90 Å². The first-order chi connectivity index (χ1) is 11.6. The van der Waals surface area contributed by atoms with Crippen molar-refractivity contribution in [1.29, 1.82) is 0 Å². The van der Waals surface area contributed by atoms with Crippen LogP contribution in [0.1, 0.15) is 34.3 Å². The summed E-state index contributed by atoms with van der Waals surface area (Å²) in [5.41, 5.74) is 3.09. The van der Waals surface area contributed by atoms with Gasteiger partial charge in [-0.1, -0.05) is 41.4 Å². The number of rotatable bonds is 4. The quantitative estimate of drug-likeness (QED) is 0.819. The molecular weight excluding hydrogens is 322 g/mol. The molecule has 0 saturated carbocycles. The van der Waals surface area contributed by atoms with Crippen molar-refractivity contribution in [3.63, 3.8) is 0 Å². The highest BCUT2D eigenvalue weighted by molar-refractivity contribution is 6.30. The van der Waals surface area contributed by atoms with Crippen LogP contribution in [0.4, 0.5) is 0 Å². The molecule has 1 fully saturated rings. The second-order valence-electron chi connectivity index (χ2n) is 6.32. The molecule has 0 aliphatic carbocycles. The monoisotopic (exact) mass is 343 g/mol. The molecular formula is C20H22ClNO2. The van der Waals surface area contributed by atoms with Crippen molar-refractivity contribution < 1.29 is 9.53 Å². The Kier molecular flexibility index (Phi) is 5.54. The van der Waals surface area contributed by atoms with E-state index in [0.717, 1.165) is 19.4 Å². The van der Waals surface area contributed by atoms with E-state index in [-0.39, 0.29) is 12.0 Å². The van der Waals surface area contributed by atoms with E-state index >= 15 is 0 Å². The SMILES string of the molecule is Cc1ccc(CO[C@@H]2CCCN(C(=O)c3ccc(Cl)cc3)C2)cc1. The largest absolute Gasteiger partial charge is 0.372 e. The smallest absolute Gasteiger partial charge is 0.253 e. The normalized spacial score (nSPS) is 17.8. The fourth-order valence-electron chi connectivity index (χ4n) is 2.93. The average Bonchev–Trinajstić information content (AvgIpc) is 2.61. The number of amides is 1. The minimum Gasteiger partial charge on any atom is -0.372 e. The Morgan fingerprint density at radius 2 is 1.88 bits per heavy atom. The third kappa shape index (κ3) is 4.37. The number of benzene rings is 2. The maximum Gasteiger partial charge on any atom is 0.253 e. The average molecular weight is 344 g/mol. The maximum atomic E-state index is 12.6. The highest BCUT2D eigenvalue weighted by Crippen LogP contribution is 2.19. The van der Waals surface area contributed by atoms with Gasteiger partial charge in [-0.25, -0.2) is 0 Å². The first kappa shape index (κ1) is 17.0. The molecule has 0 radical (unpaired) electrons. The Labute approximate surface area is 148 Å². The van der Waals surface area contributed by atoms with Gasteiger partial charge >= 0.3 is 0 Å². The second kappa shape index (κ2) is 7.82. The molecule has 0 N–H and O–H groups in total. The molecule has 1 heterocycles. The van der Waals surface area contributed by atoms with E-state index in [1.54, 1.807) is 24.3 Å². The summed E-state index contributed by atoms with van der Waals surface area (Å²) in [4.78, 5) is 14.5. The molecule has 0 aromatic heterocycles. The zero-order valence-corrected chi connectivity index (χ0v) is 14.6. The molecule has 1 amide bonds. The van der Waals surface area contributed by atoms with Crippen LogP contribution >= 0.6 is 11.6 Å². The summed E-state index contributed by atoms with van der Waals surface area (Å²) in [5.74, 6) is 0.0512. The number of ether oxygens (including phenoxy) is 1. The summed E-state index contributed by atoms with van der Waals surface area (Å²) in [6, 6.07) is 15.4. The number of halogens is 1. The van der Waals surface area contributed by atoms with Crippen LogP contribution < -0.4 is 0 Å². The number of carbonyl (C=O) groups excluding carboxylic acids is 1. The lowest BCUT2D eigenvalue weighted by Crippen LogP contribution is -2.43. The van der Waals surface area contributed by atoms with E-state index in [4.69, 9.17) is 16.3 Å². The summed E-state index contributed by atoms with van der Waals surface area (Å²) in [7, 11) is 0. The molecule has 3 nitrogen and oxygen atoms in total. The van der Waals surface area contributed by atoms with Gasteiger partial charge in [-0.3, -0.25) is 4.79 Å². The number of piperidine rings is 1. The van der Waals surface area contributed by atoms with Gasteiger partial charge in [0.15, 0.2) is 0 Å². The second-order valence-corrected chi connectivity index (χ2v) is 6.76. The van der Waals surface area contributed by atoms with Gasteiger partial charge in [-0.2, -0.15) is 0 Å². The van der Waals surface area contributed by atoms with Crippen LogP contribution in [-0.2, 0) is 11.3 Å². The van der Waals surface area contributed by atoms with Crippen molar-refractivity contribution in [2.24, 2.45) is 0 Å². The molecule has 2 aromatic rings.